The van der Waals surface area contributed by atoms with Gasteiger partial charge in [0.05, 0.1) is 5.52 Å². The first-order valence-corrected chi connectivity index (χ1v) is 9.21. The second-order valence-corrected chi connectivity index (χ2v) is 6.74. The van der Waals surface area contributed by atoms with E-state index in [9.17, 15) is 0 Å². The van der Waals surface area contributed by atoms with Crippen molar-refractivity contribution in [1.29, 1.82) is 0 Å². The largest absolute Gasteiger partial charge is 4.00 e. The molecule has 4 heteroatoms. The molecule has 0 aliphatic rings. The molecule has 0 unspecified atom stereocenters. The maximum atomic E-state index is 2.25. The molecule has 0 bridgehead atoms. The van der Waals surface area contributed by atoms with Crippen molar-refractivity contribution in [3.63, 3.8) is 0 Å². The molecule has 0 saturated carbocycles. The van der Waals surface area contributed by atoms with E-state index >= 15 is 0 Å². The average molecular weight is 464 g/mol. The number of halogens is 2. The fraction of sp³-hybridized carbons (Fsp3) is 0. The van der Waals surface area contributed by atoms with Gasteiger partial charge in [0.1, 0.15) is 0 Å². The number of nitrogens with zero attached hydrogens (tertiary/aromatic N) is 1. The Bertz CT molecular complexity index is 1280. The van der Waals surface area contributed by atoms with Crippen LogP contribution in [-0.2, 0) is 21.7 Å². The molecule has 0 saturated heterocycles. The molecule has 0 aliphatic heterocycles. The molecule has 5 aromatic carbocycles. The van der Waals surface area contributed by atoms with Crippen LogP contribution in [0.3, 0.4) is 0 Å². The minimum Gasteiger partial charge on any atom is -1.00 e. The predicted octanol–water partition coefficient (Wildman–Crippen LogP) is 1.07. The van der Waals surface area contributed by atoms with E-state index < -0.39 is 0 Å². The summed E-state index contributed by atoms with van der Waals surface area (Å²) in [7, 11) is 0. The molecule has 30 heavy (non-hydrogen) atoms. The van der Waals surface area contributed by atoms with Crippen molar-refractivity contribution in [3.05, 3.63) is 115 Å². The second-order valence-electron chi connectivity index (χ2n) is 6.74. The van der Waals surface area contributed by atoms with Crippen LogP contribution in [0.5, 0.6) is 0 Å². The van der Waals surface area contributed by atoms with Crippen LogP contribution in [0.1, 0.15) is 0 Å². The summed E-state index contributed by atoms with van der Waals surface area (Å²) in [6.45, 7) is 0. The van der Waals surface area contributed by atoms with E-state index in [4.69, 9.17) is 0 Å². The number of para-hydroxylation sites is 1. The molecule has 6 rings (SSSR count). The number of aromatic nitrogens is 1. The Kier molecular flexibility index (Phi) is 8.52. The van der Waals surface area contributed by atoms with E-state index in [1.165, 1.54) is 38.1 Å². The Morgan fingerprint density at radius 2 is 1.23 bits per heavy atom. The van der Waals surface area contributed by atoms with Crippen molar-refractivity contribution in [2.24, 2.45) is 0 Å². The van der Waals surface area contributed by atoms with Crippen molar-refractivity contribution in [2.75, 3.05) is 0 Å². The van der Waals surface area contributed by atoms with Gasteiger partial charge >= 0.3 is 21.7 Å². The molecular formula is C26H19Cl2NTi. The molecular weight excluding hydrogens is 445 g/mol. The summed E-state index contributed by atoms with van der Waals surface area (Å²) >= 11 is 0. The molecule has 146 valence electrons. The molecule has 0 atom stereocenters. The van der Waals surface area contributed by atoms with Crippen molar-refractivity contribution in [3.8, 4) is 5.69 Å². The Hall–Kier alpha value is -2.29. The summed E-state index contributed by atoms with van der Waals surface area (Å²) in [4.78, 5) is 0. The van der Waals surface area contributed by atoms with Gasteiger partial charge in [0.2, 0.25) is 0 Å². The summed E-state index contributed by atoms with van der Waals surface area (Å²) in [5, 5.41) is 6.54. The SMILES string of the molecule is [Cl-].[Cl-].[Ti+4].c1ccc2[cH-]c(-n3ccc4ccccc43)cc2c1.c1ccc2[cH-]ccc2c1. The first-order chi connectivity index (χ1) is 13.4. The summed E-state index contributed by atoms with van der Waals surface area (Å²) in [5.41, 5.74) is 2.49. The molecule has 0 N–H and O–H groups in total. The minimum absolute atomic E-state index is 0. The van der Waals surface area contributed by atoms with Crippen molar-refractivity contribution < 1.29 is 46.5 Å². The van der Waals surface area contributed by atoms with Gasteiger partial charge in [-0.25, -0.2) is 0 Å². The Balaban J connectivity index is 0.000000230. The molecule has 6 aromatic rings. The molecule has 1 nitrogen and oxygen atoms in total. The van der Waals surface area contributed by atoms with Crippen molar-refractivity contribution >= 4 is 32.4 Å². The average Bonchev–Trinajstić information content (AvgIpc) is 3.45. The minimum atomic E-state index is 0. The zero-order chi connectivity index (χ0) is 18.1. The fourth-order valence-electron chi connectivity index (χ4n) is 3.65. The third-order valence-electron chi connectivity index (χ3n) is 5.03. The van der Waals surface area contributed by atoms with Gasteiger partial charge in [-0.1, -0.05) is 30.3 Å². The van der Waals surface area contributed by atoms with Gasteiger partial charge in [0, 0.05) is 6.20 Å². The smallest absolute Gasteiger partial charge is 1.00 e. The van der Waals surface area contributed by atoms with Crippen LogP contribution in [-0.4, -0.2) is 4.57 Å². The van der Waals surface area contributed by atoms with Crippen molar-refractivity contribution in [1.82, 2.24) is 4.57 Å². The Morgan fingerprint density at radius 1 is 0.600 bits per heavy atom. The maximum absolute atomic E-state index is 2.25. The first kappa shape index (κ1) is 24.0. The normalized spacial score (nSPS) is 9.87. The van der Waals surface area contributed by atoms with Gasteiger partial charge in [-0.2, -0.15) is 17.5 Å². The standard InChI is InChI=1S/C17H12N.C9H7.2ClH.Ti/c1-2-7-15-12-16(11-14(15)6-1)18-10-9-13-5-3-4-8-17(13)18;1-2-5-9-7-3-6-8(9)4-1;;;/h1-12H;1-7H;2*1H;/q2*-1;;;+4/p-2. The van der Waals surface area contributed by atoms with Gasteiger partial charge in [-0.15, -0.1) is 70.8 Å². The quantitative estimate of drug-likeness (QED) is 0.254. The van der Waals surface area contributed by atoms with Gasteiger partial charge in [0.15, 0.2) is 0 Å². The zero-order valence-electron chi connectivity index (χ0n) is 16.2. The number of benzene rings is 3. The summed E-state index contributed by atoms with van der Waals surface area (Å²) in [6, 6.07) is 38.3. The zero-order valence-corrected chi connectivity index (χ0v) is 19.2. The Morgan fingerprint density at radius 3 is 1.97 bits per heavy atom. The molecule has 0 aliphatic carbocycles. The third kappa shape index (κ3) is 4.72. The van der Waals surface area contributed by atoms with Crippen LogP contribution in [0.15, 0.2) is 115 Å². The number of rotatable bonds is 1. The molecule has 0 fully saturated rings. The van der Waals surface area contributed by atoms with Crippen LogP contribution < -0.4 is 24.8 Å². The maximum Gasteiger partial charge on any atom is 4.00 e. The first-order valence-electron chi connectivity index (χ1n) is 9.21. The van der Waals surface area contributed by atoms with Gasteiger partial charge in [0.25, 0.3) is 0 Å². The van der Waals surface area contributed by atoms with Gasteiger partial charge in [-0.3, -0.25) is 0 Å². The van der Waals surface area contributed by atoms with Crippen molar-refractivity contribution in [2.45, 2.75) is 0 Å². The van der Waals surface area contributed by atoms with Crippen LogP contribution in [0.25, 0.3) is 38.1 Å². The second kappa shape index (κ2) is 10.7. The van der Waals surface area contributed by atoms with Gasteiger partial charge < -0.3 is 29.4 Å². The van der Waals surface area contributed by atoms with Crippen LogP contribution in [0, 0.1) is 0 Å². The Labute approximate surface area is 203 Å². The molecule has 0 spiro atoms. The van der Waals surface area contributed by atoms with E-state index in [1.807, 2.05) is 0 Å². The van der Waals surface area contributed by atoms with E-state index in [-0.39, 0.29) is 46.5 Å². The van der Waals surface area contributed by atoms with Gasteiger partial charge in [-0.05, 0) is 23.2 Å². The fourth-order valence-corrected chi connectivity index (χ4v) is 3.65. The monoisotopic (exact) mass is 463 g/mol. The summed E-state index contributed by atoms with van der Waals surface area (Å²) < 4.78 is 2.25. The van der Waals surface area contributed by atoms with E-state index in [0.717, 1.165) is 0 Å². The summed E-state index contributed by atoms with van der Waals surface area (Å²) in [5.74, 6) is 0. The van der Waals surface area contributed by atoms with Crippen LogP contribution in [0.4, 0.5) is 0 Å². The number of fused-ring (bicyclic) bond motifs is 3. The topological polar surface area (TPSA) is 4.93 Å². The summed E-state index contributed by atoms with van der Waals surface area (Å²) in [6.07, 6.45) is 2.14. The van der Waals surface area contributed by atoms with Crippen LogP contribution >= 0.6 is 0 Å². The molecule has 0 radical (unpaired) electrons. The predicted molar refractivity (Wildman–Crippen MR) is 116 cm³/mol. The number of hydrogen-bond acceptors (Lipinski definition) is 0. The van der Waals surface area contributed by atoms with E-state index in [0.29, 0.717) is 0 Å². The van der Waals surface area contributed by atoms with E-state index in [2.05, 4.69) is 120 Å². The molecule has 1 heterocycles. The van der Waals surface area contributed by atoms with Crippen LogP contribution in [0.2, 0.25) is 0 Å². The third-order valence-corrected chi connectivity index (χ3v) is 5.03. The number of hydrogen-bond donors (Lipinski definition) is 0. The molecule has 1 aromatic heterocycles. The van der Waals surface area contributed by atoms with E-state index in [1.54, 1.807) is 0 Å². The molecule has 0 amide bonds.